The summed E-state index contributed by atoms with van der Waals surface area (Å²) in [5.41, 5.74) is 0. The molecule has 0 aromatic carbocycles. The van der Waals surface area contributed by atoms with Gasteiger partial charge in [-0.1, -0.05) is 6.42 Å². The second-order valence-corrected chi connectivity index (χ2v) is 4.61. The van der Waals surface area contributed by atoms with Gasteiger partial charge >= 0.3 is 12.1 Å². The van der Waals surface area contributed by atoms with Crippen molar-refractivity contribution in [2.45, 2.75) is 31.9 Å². The molecule has 2 rings (SSSR count). The van der Waals surface area contributed by atoms with Crippen LogP contribution in [0.1, 0.15) is 25.7 Å². The van der Waals surface area contributed by atoms with Crippen molar-refractivity contribution >= 4 is 5.91 Å². The van der Waals surface area contributed by atoms with Crippen molar-refractivity contribution in [1.29, 1.82) is 0 Å². The van der Waals surface area contributed by atoms with Crippen LogP contribution in [0.4, 0.5) is 13.2 Å². The molecule has 1 amide bonds. The Morgan fingerprint density at radius 1 is 1.13 bits per heavy atom. The number of hydrogen-bond acceptors (Lipinski definition) is 1. The Bertz CT molecular complexity index is 252. The molecule has 1 saturated heterocycles. The fraction of sp³-hybridized carbons (Fsp3) is 0.900. The highest BCUT2D eigenvalue weighted by atomic mass is 19.4. The van der Waals surface area contributed by atoms with Gasteiger partial charge in [-0.15, -0.1) is 0 Å². The largest absolute Gasteiger partial charge is 0.471 e. The van der Waals surface area contributed by atoms with E-state index >= 15 is 0 Å². The maximum Gasteiger partial charge on any atom is 0.471 e. The summed E-state index contributed by atoms with van der Waals surface area (Å²) in [4.78, 5) is 12.0. The first-order valence-corrected chi connectivity index (χ1v) is 5.33. The van der Waals surface area contributed by atoms with Crippen LogP contribution in [0, 0.1) is 11.8 Å². The van der Waals surface area contributed by atoms with Crippen LogP contribution >= 0.6 is 0 Å². The lowest BCUT2D eigenvalue weighted by Gasteiger charge is -2.41. The quantitative estimate of drug-likeness (QED) is 0.614. The number of halogens is 3. The normalized spacial score (nSPS) is 31.5. The molecule has 5 heteroatoms. The SMILES string of the molecule is O=C(N1CC2CCCC(C2)C1)C(F)(F)F. The summed E-state index contributed by atoms with van der Waals surface area (Å²) < 4.78 is 36.7. The van der Waals surface area contributed by atoms with E-state index in [2.05, 4.69) is 0 Å². The summed E-state index contributed by atoms with van der Waals surface area (Å²) in [6, 6.07) is 0. The highest BCUT2D eigenvalue weighted by Crippen LogP contribution is 2.35. The fourth-order valence-electron chi connectivity index (χ4n) is 2.78. The maximum atomic E-state index is 12.2. The molecule has 0 aromatic rings. The number of amides is 1. The third kappa shape index (κ3) is 2.26. The summed E-state index contributed by atoms with van der Waals surface area (Å²) in [5.74, 6) is -1.06. The molecule has 2 aliphatic rings. The number of carbonyl (C=O) groups excluding carboxylic acids is 1. The van der Waals surface area contributed by atoms with Crippen molar-refractivity contribution in [3.8, 4) is 0 Å². The molecule has 1 aliphatic heterocycles. The highest BCUT2D eigenvalue weighted by Gasteiger charge is 2.45. The average molecular weight is 221 g/mol. The van der Waals surface area contributed by atoms with Crippen LogP contribution in [0.25, 0.3) is 0 Å². The van der Waals surface area contributed by atoms with Crippen LogP contribution in [0.5, 0.6) is 0 Å². The Morgan fingerprint density at radius 3 is 2.13 bits per heavy atom. The number of likely N-dealkylation sites (tertiary alicyclic amines) is 1. The Labute approximate surface area is 86.4 Å². The van der Waals surface area contributed by atoms with Crippen molar-refractivity contribution in [3.63, 3.8) is 0 Å². The highest BCUT2D eigenvalue weighted by molar-refractivity contribution is 5.82. The van der Waals surface area contributed by atoms with Crippen molar-refractivity contribution < 1.29 is 18.0 Å². The molecule has 1 saturated carbocycles. The van der Waals surface area contributed by atoms with E-state index in [0.717, 1.165) is 30.6 Å². The Hall–Kier alpha value is -0.740. The molecule has 0 aromatic heterocycles. The molecular formula is C10H14F3NO. The van der Waals surface area contributed by atoms with E-state index in [1.807, 2.05) is 0 Å². The Balaban J connectivity index is 2.02. The lowest BCUT2D eigenvalue weighted by atomic mass is 9.78. The zero-order valence-corrected chi connectivity index (χ0v) is 8.39. The van der Waals surface area contributed by atoms with Gasteiger partial charge in [-0.3, -0.25) is 4.79 Å². The van der Waals surface area contributed by atoms with E-state index in [0.29, 0.717) is 24.9 Å². The summed E-state index contributed by atoms with van der Waals surface area (Å²) in [5, 5.41) is 0. The molecule has 2 unspecified atom stereocenters. The van der Waals surface area contributed by atoms with Crippen LogP contribution in [-0.2, 0) is 4.79 Å². The van der Waals surface area contributed by atoms with E-state index in [9.17, 15) is 18.0 Å². The minimum absolute atomic E-state index is 0.295. The lowest BCUT2D eigenvalue weighted by molar-refractivity contribution is -0.188. The molecule has 15 heavy (non-hydrogen) atoms. The zero-order chi connectivity index (χ0) is 11.1. The van der Waals surface area contributed by atoms with E-state index in [-0.39, 0.29) is 0 Å². The Kier molecular flexibility index (Phi) is 2.64. The second-order valence-electron chi connectivity index (χ2n) is 4.61. The van der Waals surface area contributed by atoms with Gasteiger partial charge in [0, 0.05) is 13.1 Å². The van der Waals surface area contributed by atoms with Crippen LogP contribution in [-0.4, -0.2) is 30.1 Å². The van der Waals surface area contributed by atoms with Crippen LogP contribution in [0.3, 0.4) is 0 Å². The van der Waals surface area contributed by atoms with Crippen molar-refractivity contribution in [2.75, 3.05) is 13.1 Å². The number of piperidine rings is 1. The average Bonchev–Trinajstić information content (AvgIpc) is 2.14. The first-order valence-electron chi connectivity index (χ1n) is 5.33. The van der Waals surface area contributed by atoms with Gasteiger partial charge in [0.1, 0.15) is 0 Å². The second kappa shape index (κ2) is 3.68. The topological polar surface area (TPSA) is 20.3 Å². The number of carbonyl (C=O) groups is 1. The minimum Gasteiger partial charge on any atom is -0.334 e. The van der Waals surface area contributed by atoms with E-state index < -0.39 is 12.1 Å². The molecule has 0 N–H and O–H groups in total. The van der Waals surface area contributed by atoms with E-state index in [1.54, 1.807) is 0 Å². The first-order chi connectivity index (χ1) is 6.97. The molecule has 2 nitrogen and oxygen atoms in total. The van der Waals surface area contributed by atoms with Gasteiger partial charge in [0.15, 0.2) is 0 Å². The molecule has 1 heterocycles. The van der Waals surface area contributed by atoms with Crippen LogP contribution in [0.15, 0.2) is 0 Å². The van der Waals surface area contributed by atoms with Gasteiger partial charge in [0.2, 0.25) is 0 Å². The maximum absolute atomic E-state index is 12.2. The van der Waals surface area contributed by atoms with Crippen molar-refractivity contribution in [2.24, 2.45) is 11.8 Å². The summed E-state index contributed by atoms with van der Waals surface area (Å²) in [6.07, 6.45) is -0.660. The summed E-state index contributed by atoms with van der Waals surface area (Å²) in [7, 11) is 0. The standard InChI is InChI=1S/C10H14F3NO/c11-10(12,13)9(15)14-5-7-2-1-3-8(4-7)6-14/h7-8H,1-6H2. The molecule has 2 fully saturated rings. The van der Waals surface area contributed by atoms with Crippen molar-refractivity contribution in [3.05, 3.63) is 0 Å². The Morgan fingerprint density at radius 2 is 1.67 bits per heavy atom. The third-order valence-electron chi connectivity index (χ3n) is 3.38. The van der Waals surface area contributed by atoms with Gasteiger partial charge in [0.05, 0.1) is 0 Å². The number of alkyl halides is 3. The van der Waals surface area contributed by atoms with Gasteiger partial charge in [-0.2, -0.15) is 13.2 Å². The lowest BCUT2D eigenvalue weighted by Crippen LogP contribution is -2.50. The van der Waals surface area contributed by atoms with Gasteiger partial charge in [-0.05, 0) is 31.1 Å². The number of nitrogens with zero attached hydrogens (tertiary/aromatic N) is 1. The zero-order valence-electron chi connectivity index (χ0n) is 8.39. The number of hydrogen-bond donors (Lipinski definition) is 0. The van der Waals surface area contributed by atoms with Crippen LogP contribution in [0.2, 0.25) is 0 Å². The van der Waals surface area contributed by atoms with Crippen LogP contribution < -0.4 is 0 Å². The van der Waals surface area contributed by atoms with Gasteiger partial charge in [0.25, 0.3) is 0 Å². The van der Waals surface area contributed by atoms with E-state index in [4.69, 9.17) is 0 Å². The fourth-order valence-corrected chi connectivity index (χ4v) is 2.78. The summed E-state index contributed by atoms with van der Waals surface area (Å²) in [6.45, 7) is 0.601. The molecule has 1 aliphatic carbocycles. The monoisotopic (exact) mass is 221 g/mol. The minimum atomic E-state index is -4.70. The van der Waals surface area contributed by atoms with E-state index in [1.165, 1.54) is 0 Å². The molecular weight excluding hydrogens is 207 g/mol. The van der Waals surface area contributed by atoms with Crippen molar-refractivity contribution in [1.82, 2.24) is 4.90 Å². The smallest absolute Gasteiger partial charge is 0.334 e. The molecule has 2 atom stereocenters. The predicted octanol–water partition coefficient (Wildman–Crippen LogP) is 2.20. The molecule has 0 spiro atoms. The van der Waals surface area contributed by atoms with Gasteiger partial charge < -0.3 is 4.90 Å². The first kappa shape index (κ1) is 10.8. The molecule has 0 radical (unpaired) electrons. The van der Waals surface area contributed by atoms with Gasteiger partial charge in [-0.25, -0.2) is 0 Å². The predicted molar refractivity (Wildman–Crippen MR) is 48.1 cm³/mol. The molecule has 2 bridgehead atoms. The molecule has 86 valence electrons. The number of fused-ring (bicyclic) bond motifs is 2. The summed E-state index contributed by atoms with van der Waals surface area (Å²) >= 11 is 0. The third-order valence-corrected chi connectivity index (χ3v) is 3.38. The number of rotatable bonds is 0.